The molecule has 0 bridgehead atoms. The van der Waals surface area contributed by atoms with Crippen molar-refractivity contribution in [2.75, 3.05) is 13.1 Å². The molecule has 0 spiro atoms. The molecule has 0 saturated carbocycles. The van der Waals surface area contributed by atoms with Gasteiger partial charge in [0, 0.05) is 49.2 Å². The molecule has 1 aliphatic rings. The molecule has 2 aromatic rings. The van der Waals surface area contributed by atoms with Gasteiger partial charge in [0.1, 0.15) is 0 Å². The van der Waals surface area contributed by atoms with Gasteiger partial charge in [0.05, 0.1) is 6.20 Å². The van der Waals surface area contributed by atoms with E-state index in [-0.39, 0.29) is 0 Å². The lowest BCUT2D eigenvalue weighted by atomic mass is 10.1. The maximum absolute atomic E-state index is 4.30. The first-order chi connectivity index (χ1) is 8.74. The van der Waals surface area contributed by atoms with E-state index in [1.165, 1.54) is 23.4 Å². The van der Waals surface area contributed by atoms with Gasteiger partial charge in [0.2, 0.25) is 0 Å². The number of aryl methyl sites for hydroxylation is 1. The molecule has 0 aromatic carbocycles. The largest absolute Gasteiger partial charge is 0.298 e. The SMILES string of the molecule is Cc1c(CN2CC[C@H](c3ccn[nH]3)C2)cnn1C. The molecule has 96 valence electrons. The summed E-state index contributed by atoms with van der Waals surface area (Å²) in [5.74, 6) is 0.601. The number of nitrogens with zero attached hydrogens (tertiary/aromatic N) is 4. The second-order valence-electron chi connectivity index (χ2n) is 5.11. The van der Waals surface area contributed by atoms with Crippen molar-refractivity contribution in [3.05, 3.63) is 35.4 Å². The first-order valence-electron chi connectivity index (χ1n) is 6.43. The summed E-state index contributed by atoms with van der Waals surface area (Å²) in [6.45, 7) is 5.39. The van der Waals surface area contributed by atoms with Gasteiger partial charge in [-0.05, 0) is 26.0 Å². The van der Waals surface area contributed by atoms with Crippen LogP contribution < -0.4 is 0 Å². The Morgan fingerprint density at radius 1 is 1.50 bits per heavy atom. The molecular weight excluding hydrogens is 226 g/mol. The van der Waals surface area contributed by atoms with Crippen molar-refractivity contribution < 1.29 is 0 Å². The zero-order chi connectivity index (χ0) is 12.5. The highest BCUT2D eigenvalue weighted by molar-refractivity contribution is 5.16. The summed E-state index contributed by atoms with van der Waals surface area (Å²) < 4.78 is 1.94. The van der Waals surface area contributed by atoms with Crippen LogP contribution in [-0.2, 0) is 13.6 Å². The molecule has 1 atom stereocenters. The van der Waals surface area contributed by atoms with Gasteiger partial charge in [-0.15, -0.1) is 0 Å². The van der Waals surface area contributed by atoms with Gasteiger partial charge >= 0.3 is 0 Å². The molecule has 1 fully saturated rings. The minimum atomic E-state index is 0.601. The highest BCUT2D eigenvalue weighted by atomic mass is 15.3. The molecule has 1 N–H and O–H groups in total. The van der Waals surface area contributed by atoms with Crippen LogP contribution in [0.4, 0.5) is 0 Å². The average Bonchev–Trinajstić information content (AvgIpc) is 3.06. The first kappa shape index (κ1) is 11.5. The summed E-state index contributed by atoms with van der Waals surface area (Å²) >= 11 is 0. The lowest BCUT2D eigenvalue weighted by Gasteiger charge is -2.15. The van der Waals surface area contributed by atoms with E-state index in [0.717, 1.165) is 19.6 Å². The third-order valence-corrected chi connectivity index (χ3v) is 3.97. The molecule has 2 aromatic heterocycles. The number of nitrogens with one attached hydrogen (secondary N) is 1. The lowest BCUT2D eigenvalue weighted by Crippen LogP contribution is -2.20. The molecule has 0 aliphatic carbocycles. The predicted octanol–water partition coefficient (Wildman–Crippen LogP) is 1.44. The topological polar surface area (TPSA) is 49.7 Å². The highest BCUT2D eigenvalue weighted by Gasteiger charge is 2.25. The third kappa shape index (κ3) is 2.06. The summed E-state index contributed by atoms with van der Waals surface area (Å²) in [5.41, 5.74) is 3.86. The minimum absolute atomic E-state index is 0.601. The molecule has 3 rings (SSSR count). The van der Waals surface area contributed by atoms with Gasteiger partial charge in [0.15, 0.2) is 0 Å². The second-order valence-corrected chi connectivity index (χ2v) is 5.11. The number of hydrogen-bond donors (Lipinski definition) is 1. The molecule has 18 heavy (non-hydrogen) atoms. The fourth-order valence-electron chi connectivity index (χ4n) is 2.66. The van der Waals surface area contributed by atoms with E-state index < -0.39 is 0 Å². The minimum Gasteiger partial charge on any atom is -0.298 e. The molecule has 0 radical (unpaired) electrons. The smallest absolute Gasteiger partial charge is 0.0537 e. The van der Waals surface area contributed by atoms with Crippen LogP contribution in [0.2, 0.25) is 0 Å². The van der Waals surface area contributed by atoms with Crippen molar-refractivity contribution in [2.24, 2.45) is 7.05 Å². The maximum Gasteiger partial charge on any atom is 0.0537 e. The number of aromatic amines is 1. The number of H-pyrrole nitrogens is 1. The molecule has 5 heteroatoms. The van der Waals surface area contributed by atoms with Crippen molar-refractivity contribution in [3.8, 4) is 0 Å². The van der Waals surface area contributed by atoms with Crippen LogP contribution in [0.3, 0.4) is 0 Å². The van der Waals surface area contributed by atoms with Crippen molar-refractivity contribution >= 4 is 0 Å². The van der Waals surface area contributed by atoms with E-state index >= 15 is 0 Å². The van der Waals surface area contributed by atoms with Gasteiger partial charge in [-0.3, -0.25) is 14.7 Å². The van der Waals surface area contributed by atoms with Crippen LogP contribution in [-0.4, -0.2) is 38.0 Å². The Hall–Kier alpha value is -1.62. The monoisotopic (exact) mass is 245 g/mol. The van der Waals surface area contributed by atoms with Crippen LogP contribution in [0.1, 0.15) is 29.3 Å². The van der Waals surface area contributed by atoms with Gasteiger partial charge < -0.3 is 0 Å². The average molecular weight is 245 g/mol. The van der Waals surface area contributed by atoms with E-state index in [1.54, 1.807) is 0 Å². The summed E-state index contributed by atoms with van der Waals surface area (Å²) in [7, 11) is 2.00. The van der Waals surface area contributed by atoms with E-state index in [4.69, 9.17) is 0 Å². The quantitative estimate of drug-likeness (QED) is 0.890. The highest BCUT2D eigenvalue weighted by Crippen LogP contribution is 2.26. The van der Waals surface area contributed by atoms with E-state index in [1.807, 2.05) is 24.1 Å². The number of aromatic nitrogens is 4. The van der Waals surface area contributed by atoms with E-state index in [2.05, 4.69) is 33.2 Å². The van der Waals surface area contributed by atoms with Gasteiger partial charge in [-0.2, -0.15) is 10.2 Å². The summed E-state index contributed by atoms with van der Waals surface area (Å²) in [5, 5.41) is 11.4. The fraction of sp³-hybridized carbons (Fsp3) is 0.538. The standard InChI is InChI=1S/C13H19N5/c1-10-12(7-15-17(10)2)9-18-6-4-11(8-18)13-3-5-14-16-13/h3,5,7,11H,4,6,8-9H2,1-2H3,(H,14,16)/t11-/m0/s1. The first-order valence-corrected chi connectivity index (χ1v) is 6.43. The number of hydrogen-bond acceptors (Lipinski definition) is 3. The molecule has 5 nitrogen and oxygen atoms in total. The Kier molecular flexibility index (Phi) is 2.91. The molecular formula is C13H19N5. The van der Waals surface area contributed by atoms with Crippen molar-refractivity contribution in [1.82, 2.24) is 24.9 Å². The van der Waals surface area contributed by atoms with Crippen LogP contribution in [0.15, 0.2) is 18.5 Å². The van der Waals surface area contributed by atoms with Crippen LogP contribution in [0.5, 0.6) is 0 Å². The molecule has 1 saturated heterocycles. The Bertz CT molecular complexity index is 513. The number of rotatable bonds is 3. The predicted molar refractivity (Wildman–Crippen MR) is 69.2 cm³/mol. The maximum atomic E-state index is 4.30. The Balaban J connectivity index is 1.64. The normalized spacial score (nSPS) is 20.7. The summed E-state index contributed by atoms with van der Waals surface area (Å²) in [4.78, 5) is 2.50. The zero-order valence-corrected chi connectivity index (χ0v) is 10.9. The molecule has 1 aliphatic heterocycles. The molecule has 0 unspecified atom stereocenters. The van der Waals surface area contributed by atoms with Crippen molar-refractivity contribution in [3.63, 3.8) is 0 Å². The third-order valence-electron chi connectivity index (χ3n) is 3.97. The van der Waals surface area contributed by atoms with Gasteiger partial charge in [-0.1, -0.05) is 0 Å². The lowest BCUT2D eigenvalue weighted by molar-refractivity contribution is 0.325. The zero-order valence-electron chi connectivity index (χ0n) is 10.9. The van der Waals surface area contributed by atoms with Crippen molar-refractivity contribution in [1.29, 1.82) is 0 Å². The van der Waals surface area contributed by atoms with Crippen LogP contribution in [0, 0.1) is 6.92 Å². The molecule has 0 amide bonds. The van der Waals surface area contributed by atoms with Gasteiger partial charge in [-0.25, -0.2) is 0 Å². The van der Waals surface area contributed by atoms with Crippen LogP contribution in [0.25, 0.3) is 0 Å². The van der Waals surface area contributed by atoms with Crippen molar-refractivity contribution in [2.45, 2.75) is 25.8 Å². The van der Waals surface area contributed by atoms with E-state index in [0.29, 0.717) is 5.92 Å². The van der Waals surface area contributed by atoms with E-state index in [9.17, 15) is 0 Å². The number of likely N-dealkylation sites (tertiary alicyclic amines) is 1. The Morgan fingerprint density at radius 2 is 2.39 bits per heavy atom. The summed E-state index contributed by atoms with van der Waals surface area (Å²) in [6, 6.07) is 2.09. The van der Waals surface area contributed by atoms with Gasteiger partial charge in [0.25, 0.3) is 0 Å². The molecule has 3 heterocycles. The fourth-order valence-corrected chi connectivity index (χ4v) is 2.66. The summed E-state index contributed by atoms with van der Waals surface area (Å²) in [6.07, 6.45) is 5.03. The Labute approximate surface area is 107 Å². The van der Waals surface area contributed by atoms with Crippen LogP contribution >= 0.6 is 0 Å². The Morgan fingerprint density at radius 3 is 3.06 bits per heavy atom. The second kappa shape index (κ2) is 4.57.